The molecule has 0 aromatic carbocycles. The molecule has 1 aromatic heterocycles. The van der Waals surface area contributed by atoms with Gasteiger partial charge in [-0.3, -0.25) is 10.1 Å². The number of hydrogen-bond acceptors (Lipinski definition) is 7. The number of rotatable bonds is 11. The van der Waals surface area contributed by atoms with Gasteiger partial charge in [0.15, 0.2) is 0 Å². The van der Waals surface area contributed by atoms with E-state index >= 15 is 0 Å². The Morgan fingerprint density at radius 2 is 2.14 bits per heavy atom. The van der Waals surface area contributed by atoms with Crippen molar-refractivity contribution < 1.29 is 28.2 Å². The highest BCUT2D eigenvalue weighted by atomic mass is 32.1. The number of urea groups is 1. The minimum atomic E-state index is -1.83. The monoisotopic (exact) mass is 513 g/mol. The fourth-order valence-corrected chi connectivity index (χ4v) is 4.79. The number of nitrogens with two attached hydrogens (primary N) is 1. The van der Waals surface area contributed by atoms with Crippen LogP contribution in [0.1, 0.15) is 49.4 Å². The van der Waals surface area contributed by atoms with E-state index in [-0.39, 0.29) is 23.1 Å². The zero-order valence-electron chi connectivity index (χ0n) is 19.8. The first-order valence-electron chi connectivity index (χ1n) is 11.8. The van der Waals surface area contributed by atoms with E-state index in [0.717, 1.165) is 55.7 Å². The van der Waals surface area contributed by atoms with Crippen molar-refractivity contribution in [3.05, 3.63) is 29.6 Å². The van der Waals surface area contributed by atoms with E-state index in [1.807, 2.05) is 0 Å². The van der Waals surface area contributed by atoms with Gasteiger partial charge in [0, 0.05) is 13.1 Å². The fourth-order valence-electron chi connectivity index (χ4n) is 4.05. The molecule has 3 amide bonds. The van der Waals surface area contributed by atoms with Gasteiger partial charge >= 0.3 is 6.03 Å². The number of anilines is 1. The molecule has 0 radical (unpaired) electrons. The molecule has 12 heteroatoms. The van der Waals surface area contributed by atoms with Gasteiger partial charge in [-0.05, 0) is 75.5 Å². The minimum Gasteiger partial charge on any atom is -0.476 e. The third-order valence-corrected chi connectivity index (χ3v) is 6.85. The van der Waals surface area contributed by atoms with Crippen LogP contribution in [0.2, 0.25) is 0 Å². The van der Waals surface area contributed by atoms with Crippen LogP contribution in [0.5, 0.6) is 5.88 Å². The molecular weight excluding hydrogens is 480 g/mol. The predicted octanol–water partition coefficient (Wildman–Crippen LogP) is 3.14. The minimum absolute atomic E-state index is 0.0865. The number of hydrogen-bond donors (Lipinski definition) is 4. The Morgan fingerprint density at radius 3 is 2.86 bits per heavy atom. The number of β-amino-alcohol motifs (C(OH)–C–C–N with tert-alkyl or cyclic N) is 1. The molecule has 1 aromatic rings. The van der Waals surface area contributed by atoms with Gasteiger partial charge in [0.25, 0.3) is 5.91 Å². The van der Waals surface area contributed by atoms with E-state index in [9.17, 15) is 23.5 Å². The summed E-state index contributed by atoms with van der Waals surface area (Å²) in [5.41, 5.74) is 3.47. The second-order valence-electron chi connectivity index (χ2n) is 9.05. The number of carbonyl (C=O) groups excluding carboxylic acids is 2. The van der Waals surface area contributed by atoms with Gasteiger partial charge in [-0.1, -0.05) is 6.42 Å². The standard InChI is InChI=1S/C23H33F2N5O4S/c1-23(25)8-7-16(24)12-15(23)14-34-20-18(19(26)32)21(35-29-20)28-22(33)27-9-5-6-17(31)13-30-10-3-2-4-11-30/h7-8,12,15,17,31H,2-6,9-11,13-14H2,1H3,(H2,26,32)(H2,27,28,33). The molecular formula is C23H33F2N5O4S. The number of aromatic nitrogens is 1. The lowest BCUT2D eigenvalue weighted by molar-refractivity contribution is 0.0933. The van der Waals surface area contributed by atoms with E-state index in [2.05, 4.69) is 19.9 Å². The van der Waals surface area contributed by atoms with Gasteiger partial charge in [0.1, 0.15) is 22.1 Å². The van der Waals surface area contributed by atoms with Gasteiger partial charge in [-0.25, -0.2) is 13.6 Å². The van der Waals surface area contributed by atoms with Crippen LogP contribution in [-0.4, -0.2) is 70.9 Å². The van der Waals surface area contributed by atoms with Crippen molar-refractivity contribution in [1.82, 2.24) is 14.6 Å². The smallest absolute Gasteiger partial charge is 0.319 e. The van der Waals surface area contributed by atoms with Crippen molar-refractivity contribution >= 4 is 28.5 Å². The van der Waals surface area contributed by atoms with Crippen molar-refractivity contribution in [3.63, 3.8) is 0 Å². The van der Waals surface area contributed by atoms with E-state index < -0.39 is 35.5 Å². The summed E-state index contributed by atoms with van der Waals surface area (Å²) in [6, 6.07) is -0.563. The maximum Gasteiger partial charge on any atom is 0.319 e. The molecule has 1 aliphatic carbocycles. The molecule has 1 fully saturated rings. The molecule has 35 heavy (non-hydrogen) atoms. The molecule has 194 valence electrons. The molecule has 3 atom stereocenters. The van der Waals surface area contributed by atoms with Gasteiger partial charge in [-0.2, -0.15) is 4.37 Å². The Hall–Kier alpha value is -2.57. The van der Waals surface area contributed by atoms with Crippen molar-refractivity contribution in [2.24, 2.45) is 11.7 Å². The van der Waals surface area contributed by atoms with Crippen LogP contribution in [0, 0.1) is 5.92 Å². The second kappa shape index (κ2) is 12.4. The Balaban J connectivity index is 1.46. The van der Waals surface area contributed by atoms with Crippen molar-refractivity contribution in [1.29, 1.82) is 0 Å². The Bertz CT molecular complexity index is 946. The average Bonchev–Trinajstić information content (AvgIpc) is 3.20. The first-order valence-corrected chi connectivity index (χ1v) is 12.6. The average molecular weight is 514 g/mol. The van der Waals surface area contributed by atoms with Crippen LogP contribution >= 0.6 is 11.5 Å². The van der Waals surface area contributed by atoms with Gasteiger partial charge in [0.05, 0.1) is 18.6 Å². The maximum absolute atomic E-state index is 14.6. The van der Waals surface area contributed by atoms with E-state index in [0.29, 0.717) is 25.9 Å². The third kappa shape index (κ3) is 7.97. The lowest BCUT2D eigenvalue weighted by Crippen LogP contribution is -2.37. The normalized spacial score (nSPS) is 23.4. The van der Waals surface area contributed by atoms with Gasteiger partial charge in [-0.15, -0.1) is 0 Å². The number of primary amides is 1. The first-order chi connectivity index (χ1) is 16.7. The van der Waals surface area contributed by atoms with E-state index in [4.69, 9.17) is 10.5 Å². The number of aliphatic hydroxyl groups excluding tert-OH is 1. The van der Waals surface area contributed by atoms with Crippen molar-refractivity contribution in [3.8, 4) is 5.88 Å². The van der Waals surface area contributed by atoms with Crippen LogP contribution in [0.25, 0.3) is 0 Å². The lowest BCUT2D eigenvalue weighted by atomic mass is 9.87. The zero-order valence-corrected chi connectivity index (χ0v) is 20.6. The fraction of sp³-hybridized carbons (Fsp3) is 0.609. The van der Waals surface area contributed by atoms with Crippen LogP contribution in [0.15, 0.2) is 24.1 Å². The summed E-state index contributed by atoms with van der Waals surface area (Å²) in [7, 11) is 0. The number of halogens is 2. The summed E-state index contributed by atoms with van der Waals surface area (Å²) in [5, 5.41) is 15.5. The van der Waals surface area contributed by atoms with Crippen LogP contribution in [0.3, 0.4) is 0 Å². The number of amides is 3. The highest BCUT2D eigenvalue weighted by Crippen LogP contribution is 2.34. The Kier molecular flexibility index (Phi) is 9.58. The molecule has 1 saturated heterocycles. The predicted molar refractivity (Wildman–Crippen MR) is 130 cm³/mol. The molecule has 0 saturated carbocycles. The van der Waals surface area contributed by atoms with Crippen molar-refractivity contribution in [2.75, 3.05) is 38.1 Å². The quantitative estimate of drug-likeness (QED) is 0.337. The molecule has 9 nitrogen and oxygen atoms in total. The summed E-state index contributed by atoms with van der Waals surface area (Å²) < 4.78 is 37.6. The number of piperidine rings is 1. The second-order valence-corrected chi connectivity index (χ2v) is 9.82. The van der Waals surface area contributed by atoms with E-state index in [1.165, 1.54) is 13.3 Å². The molecule has 3 unspecified atom stereocenters. The molecule has 1 aliphatic heterocycles. The number of allylic oxidation sites excluding steroid dienone is 3. The highest BCUT2D eigenvalue weighted by Gasteiger charge is 2.34. The summed E-state index contributed by atoms with van der Waals surface area (Å²) in [6.07, 6.45) is 7.51. The van der Waals surface area contributed by atoms with Crippen molar-refractivity contribution in [2.45, 2.75) is 50.8 Å². The maximum atomic E-state index is 14.6. The van der Waals surface area contributed by atoms with Crippen LogP contribution in [0.4, 0.5) is 18.6 Å². The number of nitrogens with zero attached hydrogens (tertiary/aromatic N) is 2. The molecule has 3 rings (SSSR count). The number of carbonyl (C=O) groups is 2. The molecule has 0 bridgehead atoms. The van der Waals surface area contributed by atoms with Crippen LogP contribution < -0.4 is 21.1 Å². The number of aliphatic hydroxyl groups is 1. The first kappa shape index (κ1) is 27.0. The molecule has 0 spiro atoms. The largest absolute Gasteiger partial charge is 0.476 e. The molecule has 2 aliphatic rings. The summed E-state index contributed by atoms with van der Waals surface area (Å²) in [6.45, 7) is 4.01. The third-order valence-electron chi connectivity index (χ3n) is 6.11. The summed E-state index contributed by atoms with van der Waals surface area (Å²) in [4.78, 5) is 26.5. The zero-order chi connectivity index (χ0) is 25.4. The Labute approximate surface area is 207 Å². The van der Waals surface area contributed by atoms with Crippen LogP contribution in [-0.2, 0) is 0 Å². The SMILES string of the molecule is CC1(F)C=CC(F)=CC1COc1nsc(NC(=O)NCCCC(O)CN2CCCCC2)c1C(N)=O. The molecule has 5 N–H and O–H groups in total. The topological polar surface area (TPSA) is 130 Å². The number of likely N-dealkylation sites (tertiary alicyclic amines) is 1. The van der Waals surface area contributed by atoms with Gasteiger partial charge < -0.3 is 25.8 Å². The Morgan fingerprint density at radius 1 is 1.40 bits per heavy atom. The number of alkyl halides is 1. The lowest BCUT2D eigenvalue weighted by Gasteiger charge is -2.28. The summed E-state index contributed by atoms with van der Waals surface area (Å²) in [5.74, 6) is -2.55. The highest BCUT2D eigenvalue weighted by molar-refractivity contribution is 7.11. The number of ether oxygens (including phenoxy) is 1. The molecule has 2 heterocycles. The number of nitrogens with one attached hydrogen (secondary N) is 2. The van der Waals surface area contributed by atoms with E-state index in [1.54, 1.807) is 0 Å². The summed E-state index contributed by atoms with van der Waals surface area (Å²) >= 11 is 0.793. The van der Waals surface area contributed by atoms with Gasteiger partial charge in [0.2, 0.25) is 5.88 Å².